The zero-order chi connectivity index (χ0) is 18.4. The van der Waals surface area contributed by atoms with Crippen LogP contribution < -0.4 is 10.2 Å². The van der Waals surface area contributed by atoms with E-state index in [-0.39, 0.29) is 11.8 Å². The third kappa shape index (κ3) is 4.08. The highest BCUT2D eigenvalue weighted by Gasteiger charge is 2.23. The largest absolute Gasteiger partial charge is 0.353 e. The van der Waals surface area contributed by atoms with Crippen molar-refractivity contribution in [2.45, 2.75) is 0 Å². The van der Waals surface area contributed by atoms with Crippen molar-refractivity contribution in [2.24, 2.45) is 0 Å². The molecule has 2 heterocycles. The number of piperazine rings is 1. The molecule has 0 atom stereocenters. The van der Waals surface area contributed by atoms with Gasteiger partial charge >= 0.3 is 0 Å². The van der Waals surface area contributed by atoms with Gasteiger partial charge in [-0.3, -0.25) is 9.59 Å². The zero-order valence-corrected chi connectivity index (χ0v) is 14.6. The van der Waals surface area contributed by atoms with Crippen molar-refractivity contribution in [1.82, 2.24) is 15.2 Å². The van der Waals surface area contributed by atoms with Crippen molar-refractivity contribution in [2.75, 3.05) is 37.6 Å². The summed E-state index contributed by atoms with van der Waals surface area (Å²) in [5.41, 5.74) is 1.01. The molecule has 6 heteroatoms. The molecule has 1 N–H and O–H groups in total. The standard InChI is InChI=1S/C20H22N4O2/c1-2-9-22-19(25)16-6-5-7-17(15-16)20(26)24-13-11-23(12-14-24)18-8-3-4-10-21-18/h2-8,10,15H,1,9,11-14H2,(H,22,25). The van der Waals surface area contributed by atoms with E-state index in [4.69, 9.17) is 0 Å². The van der Waals surface area contributed by atoms with Gasteiger partial charge in [0.1, 0.15) is 5.82 Å². The summed E-state index contributed by atoms with van der Waals surface area (Å²) in [6.45, 7) is 6.70. The van der Waals surface area contributed by atoms with Crippen LogP contribution in [0.15, 0.2) is 61.3 Å². The third-order valence-electron chi connectivity index (χ3n) is 4.32. The molecule has 0 bridgehead atoms. The fourth-order valence-corrected chi connectivity index (χ4v) is 2.92. The number of carbonyl (C=O) groups excluding carboxylic acids is 2. The van der Waals surface area contributed by atoms with Gasteiger partial charge < -0.3 is 15.1 Å². The van der Waals surface area contributed by atoms with E-state index in [9.17, 15) is 9.59 Å². The van der Waals surface area contributed by atoms with Crippen LogP contribution in [0.4, 0.5) is 5.82 Å². The summed E-state index contributed by atoms with van der Waals surface area (Å²) < 4.78 is 0. The van der Waals surface area contributed by atoms with Gasteiger partial charge in [-0.2, -0.15) is 0 Å². The Morgan fingerprint density at radius 1 is 1.08 bits per heavy atom. The van der Waals surface area contributed by atoms with Crippen molar-refractivity contribution in [1.29, 1.82) is 0 Å². The van der Waals surface area contributed by atoms with Crippen LogP contribution in [0.3, 0.4) is 0 Å². The average Bonchev–Trinajstić information content (AvgIpc) is 2.72. The van der Waals surface area contributed by atoms with Crippen LogP contribution in [-0.4, -0.2) is 54.4 Å². The first-order chi connectivity index (χ1) is 12.7. The maximum atomic E-state index is 12.8. The van der Waals surface area contributed by atoms with Crippen LogP contribution in [0.1, 0.15) is 20.7 Å². The topological polar surface area (TPSA) is 65.5 Å². The third-order valence-corrected chi connectivity index (χ3v) is 4.32. The van der Waals surface area contributed by atoms with Gasteiger partial charge in [0.05, 0.1) is 0 Å². The van der Waals surface area contributed by atoms with Gasteiger partial charge in [-0.05, 0) is 30.3 Å². The molecule has 0 aliphatic carbocycles. The number of pyridine rings is 1. The van der Waals surface area contributed by atoms with Gasteiger partial charge in [-0.25, -0.2) is 4.98 Å². The molecule has 0 unspecified atom stereocenters. The lowest BCUT2D eigenvalue weighted by Gasteiger charge is -2.35. The van der Waals surface area contributed by atoms with Crippen molar-refractivity contribution < 1.29 is 9.59 Å². The molecule has 0 spiro atoms. The van der Waals surface area contributed by atoms with E-state index in [0.717, 1.165) is 18.9 Å². The Balaban J connectivity index is 1.63. The number of anilines is 1. The summed E-state index contributed by atoms with van der Waals surface area (Å²) >= 11 is 0. The van der Waals surface area contributed by atoms with E-state index < -0.39 is 0 Å². The van der Waals surface area contributed by atoms with E-state index in [1.807, 2.05) is 23.1 Å². The fourth-order valence-electron chi connectivity index (χ4n) is 2.92. The van der Waals surface area contributed by atoms with Gasteiger partial charge in [0.25, 0.3) is 11.8 Å². The SMILES string of the molecule is C=CCNC(=O)c1cccc(C(=O)N2CCN(c3ccccn3)CC2)c1. The molecule has 134 valence electrons. The van der Waals surface area contributed by atoms with Crippen LogP contribution in [-0.2, 0) is 0 Å². The molecule has 3 rings (SSSR count). The first-order valence-corrected chi connectivity index (χ1v) is 8.63. The van der Waals surface area contributed by atoms with Gasteiger partial charge in [0.15, 0.2) is 0 Å². The Morgan fingerprint density at radius 2 is 1.85 bits per heavy atom. The first-order valence-electron chi connectivity index (χ1n) is 8.63. The highest BCUT2D eigenvalue weighted by molar-refractivity contribution is 5.99. The molecule has 1 aromatic heterocycles. The van der Waals surface area contributed by atoms with Crippen molar-refractivity contribution >= 4 is 17.6 Å². The monoisotopic (exact) mass is 350 g/mol. The summed E-state index contributed by atoms with van der Waals surface area (Å²) in [6.07, 6.45) is 3.39. The zero-order valence-electron chi connectivity index (χ0n) is 14.6. The summed E-state index contributed by atoms with van der Waals surface area (Å²) in [5, 5.41) is 2.72. The second kappa shape index (κ2) is 8.29. The second-order valence-electron chi connectivity index (χ2n) is 6.05. The fraction of sp³-hybridized carbons (Fsp3) is 0.250. The Labute approximate surface area is 153 Å². The highest BCUT2D eigenvalue weighted by Crippen LogP contribution is 2.15. The molecule has 1 aliphatic heterocycles. The van der Waals surface area contributed by atoms with Gasteiger partial charge in [-0.1, -0.05) is 18.2 Å². The molecule has 0 radical (unpaired) electrons. The van der Waals surface area contributed by atoms with Crippen LogP contribution in [0.2, 0.25) is 0 Å². The minimum Gasteiger partial charge on any atom is -0.353 e. The number of benzene rings is 1. The molecule has 2 aromatic rings. The summed E-state index contributed by atoms with van der Waals surface area (Å²) in [5.74, 6) is 0.670. The highest BCUT2D eigenvalue weighted by atomic mass is 16.2. The van der Waals surface area contributed by atoms with E-state index in [1.165, 1.54) is 0 Å². The maximum absolute atomic E-state index is 12.8. The van der Waals surface area contributed by atoms with Crippen molar-refractivity contribution in [3.05, 3.63) is 72.4 Å². The van der Waals surface area contributed by atoms with Crippen molar-refractivity contribution in [3.8, 4) is 0 Å². The first kappa shape index (κ1) is 17.7. The summed E-state index contributed by atoms with van der Waals surface area (Å²) in [6, 6.07) is 12.7. The minimum atomic E-state index is -0.209. The maximum Gasteiger partial charge on any atom is 0.253 e. The van der Waals surface area contributed by atoms with E-state index >= 15 is 0 Å². The van der Waals surface area contributed by atoms with Gasteiger partial charge in [-0.15, -0.1) is 6.58 Å². The van der Waals surface area contributed by atoms with Crippen LogP contribution in [0.5, 0.6) is 0 Å². The van der Waals surface area contributed by atoms with Crippen LogP contribution >= 0.6 is 0 Å². The molecule has 6 nitrogen and oxygen atoms in total. The molecule has 26 heavy (non-hydrogen) atoms. The predicted molar refractivity (Wildman–Crippen MR) is 101 cm³/mol. The van der Waals surface area contributed by atoms with Crippen LogP contribution in [0.25, 0.3) is 0 Å². The molecular weight excluding hydrogens is 328 g/mol. The number of carbonyl (C=O) groups is 2. The van der Waals surface area contributed by atoms with Gasteiger partial charge in [0, 0.05) is 50.0 Å². The van der Waals surface area contributed by atoms with Crippen molar-refractivity contribution in [3.63, 3.8) is 0 Å². The molecule has 0 saturated carbocycles. The minimum absolute atomic E-state index is 0.0518. The van der Waals surface area contributed by atoms with E-state index in [0.29, 0.717) is 30.8 Å². The molecular formula is C20H22N4O2. The summed E-state index contributed by atoms with van der Waals surface area (Å²) in [7, 11) is 0. The average molecular weight is 350 g/mol. The Hall–Kier alpha value is -3.15. The Kier molecular flexibility index (Phi) is 5.63. The number of hydrogen-bond acceptors (Lipinski definition) is 4. The predicted octanol–water partition coefficient (Wildman–Crippen LogP) is 1.96. The molecule has 1 aliphatic rings. The molecule has 2 amide bonds. The quantitative estimate of drug-likeness (QED) is 0.837. The molecule has 1 aromatic carbocycles. The normalized spacial score (nSPS) is 14.0. The number of nitrogens with zero attached hydrogens (tertiary/aromatic N) is 3. The Morgan fingerprint density at radius 3 is 2.54 bits per heavy atom. The smallest absolute Gasteiger partial charge is 0.253 e. The number of aromatic nitrogens is 1. The van der Waals surface area contributed by atoms with E-state index in [1.54, 1.807) is 36.5 Å². The van der Waals surface area contributed by atoms with E-state index in [2.05, 4.69) is 21.8 Å². The lowest BCUT2D eigenvalue weighted by molar-refractivity contribution is 0.0746. The number of rotatable bonds is 5. The lowest BCUT2D eigenvalue weighted by Crippen LogP contribution is -2.49. The molecule has 1 saturated heterocycles. The molecule has 1 fully saturated rings. The number of hydrogen-bond donors (Lipinski definition) is 1. The van der Waals surface area contributed by atoms with Gasteiger partial charge in [0.2, 0.25) is 0 Å². The summed E-state index contributed by atoms with van der Waals surface area (Å²) in [4.78, 5) is 33.2. The Bertz CT molecular complexity index is 783. The second-order valence-corrected chi connectivity index (χ2v) is 6.05. The number of nitrogens with one attached hydrogen (secondary N) is 1. The number of amides is 2. The van der Waals surface area contributed by atoms with Crippen LogP contribution in [0, 0.1) is 0 Å². The lowest BCUT2D eigenvalue weighted by atomic mass is 10.1.